The Balaban J connectivity index is 1.58. The minimum atomic E-state index is -3.90. The number of hydrogen-bond acceptors (Lipinski definition) is 7. The van der Waals surface area contributed by atoms with Gasteiger partial charge in [-0.15, -0.1) is 11.3 Å². The largest absolute Gasteiger partial charge is 0.453 e. The smallest absolute Gasteiger partial charge is 0.263 e. The van der Waals surface area contributed by atoms with Crippen molar-refractivity contribution in [2.24, 2.45) is 0 Å². The molecular weight excluding hydrogens is 481 g/mol. The average Bonchev–Trinajstić information content (AvgIpc) is 3.40. The molecule has 0 amide bonds. The van der Waals surface area contributed by atoms with E-state index >= 15 is 0 Å². The lowest BCUT2D eigenvalue weighted by molar-refractivity contribution is 0.480. The lowest BCUT2D eigenvalue weighted by Gasteiger charge is -2.09. The van der Waals surface area contributed by atoms with Gasteiger partial charge in [-0.2, -0.15) is 10.4 Å². The van der Waals surface area contributed by atoms with Crippen LogP contribution in [0.4, 0.5) is 5.13 Å². The molecule has 156 valence electrons. The Morgan fingerprint density at radius 2 is 2.03 bits per heavy atom. The summed E-state index contributed by atoms with van der Waals surface area (Å²) in [6, 6.07) is 10.9. The fraction of sp³-hybridized carbons (Fsp3) is 0. The first-order chi connectivity index (χ1) is 14.9. The summed E-state index contributed by atoms with van der Waals surface area (Å²) in [5.41, 5.74) is 0.635. The molecule has 1 N–H and O–H groups in total. The van der Waals surface area contributed by atoms with Crippen LogP contribution in [0.15, 0.2) is 65.3 Å². The molecule has 0 unspecified atom stereocenters. The summed E-state index contributed by atoms with van der Waals surface area (Å²) < 4.78 is 34.6. The maximum Gasteiger partial charge on any atom is 0.263 e. The Labute approximate surface area is 191 Å². The van der Waals surface area contributed by atoms with Crippen molar-refractivity contribution in [1.82, 2.24) is 14.8 Å². The molecule has 0 spiro atoms. The lowest BCUT2D eigenvalue weighted by Crippen LogP contribution is -2.13. The maximum atomic E-state index is 12.5. The molecular formula is C19H11Cl2N5O3S2. The van der Waals surface area contributed by atoms with Gasteiger partial charge in [0, 0.05) is 16.6 Å². The Morgan fingerprint density at radius 3 is 2.74 bits per heavy atom. The highest BCUT2D eigenvalue weighted by molar-refractivity contribution is 7.93. The summed E-state index contributed by atoms with van der Waals surface area (Å²) in [6.45, 7) is 0. The predicted molar refractivity (Wildman–Crippen MR) is 118 cm³/mol. The van der Waals surface area contributed by atoms with Crippen molar-refractivity contribution in [3.05, 3.63) is 76.0 Å². The van der Waals surface area contributed by atoms with Gasteiger partial charge in [0.25, 0.3) is 10.0 Å². The molecule has 2 aromatic carbocycles. The lowest BCUT2D eigenvalue weighted by atomic mass is 10.2. The molecule has 2 heterocycles. The zero-order valence-electron chi connectivity index (χ0n) is 15.4. The zero-order valence-corrected chi connectivity index (χ0v) is 18.5. The molecule has 4 rings (SSSR count). The maximum absolute atomic E-state index is 12.5. The van der Waals surface area contributed by atoms with Crippen LogP contribution < -0.4 is 9.46 Å². The second-order valence-electron chi connectivity index (χ2n) is 6.03. The van der Waals surface area contributed by atoms with Crippen molar-refractivity contribution in [2.75, 3.05) is 4.72 Å². The molecule has 12 heteroatoms. The van der Waals surface area contributed by atoms with E-state index in [0.29, 0.717) is 21.5 Å². The molecule has 31 heavy (non-hydrogen) atoms. The molecule has 0 atom stereocenters. The fourth-order valence-electron chi connectivity index (χ4n) is 2.59. The van der Waals surface area contributed by atoms with Crippen LogP contribution in [0.1, 0.15) is 5.56 Å². The van der Waals surface area contributed by atoms with Crippen molar-refractivity contribution in [1.29, 1.82) is 5.26 Å². The molecule has 0 saturated heterocycles. The zero-order chi connectivity index (χ0) is 22.0. The monoisotopic (exact) mass is 491 g/mol. The first-order valence-corrected chi connectivity index (χ1v) is 11.6. The van der Waals surface area contributed by atoms with E-state index < -0.39 is 10.0 Å². The van der Waals surface area contributed by atoms with E-state index in [2.05, 4.69) is 14.8 Å². The minimum absolute atomic E-state index is 0.0410. The van der Waals surface area contributed by atoms with Crippen LogP contribution in [0.25, 0.3) is 5.69 Å². The van der Waals surface area contributed by atoms with Crippen LogP contribution in [0.2, 0.25) is 10.0 Å². The first kappa shape index (κ1) is 21.1. The normalized spacial score (nSPS) is 11.1. The third kappa shape index (κ3) is 4.65. The van der Waals surface area contributed by atoms with Gasteiger partial charge < -0.3 is 4.74 Å². The molecule has 0 bridgehead atoms. The molecule has 4 aromatic rings. The number of rotatable bonds is 6. The van der Waals surface area contributed by atoms with Crippen molar-refractivity contribution in [3.8, 4) is 23.3 Å². The summed E-state index contributed by atoms with van der Waals surface area (Å²) in [7, 11) is -3.90. The Kier molecular flexibility index (Phi) is 5.84. The highest BCUT2D eigenvalue weighted by Gasteiger charge is 2.18. The molecule has 2 aromatic heterocycles. The fourth-order valence-corrected chi connectivity index (χ4v) is 4.89. The number of nitrogens with zero attached hydrogens (tertiary/aromatic N) is 4. The van der Waals surface area contributed by atoms with E-state index in [1.54, 1.807) is 29.8 Å². The van der Waals surface area contributed by atoms with Gasteiger partial charge in [-0.05, 0) is 36.4 Å². The van der Waals surface area contributed by atoms with Gasteiger partial charge in [-0.3, -0.25) is 4.72 Å². The van der Waals surface area contributed by atoms with Crippen molar-refractivity contribution in [2.45, 2.75) is 4.90 Å². The van der Waals surface area contributed by atoms with Crippen LogP contribution in [-0.4, -0.2) is 23.2 Å². The quantitative estimate of drug-likeness (QED) is 0.401. The first-order valence-electron chi connectivity index (χ1n) is 8.50. The Bertz CT molecular complexity index is 1400. The highest BCUT2D eigenvalue weighted by atomic mass is 35.5. The van der Waals surface area contributed by atoms with Crippen LogP contribution in [-0.2, 0) is 10.0 Å². The van der Waals surface area contributed by atoms with Crippen molar-refractivity contribution < 1.29 is 13.2 Å². The summed E-state index contributed by atoms with van der Waals surface area (Å²) in [5.74, 6) is 0.511. The predicted octanol–water partition coefficient (Wildman–Crippen LogP) is 5.10. The van der Waals surface area contributed by atoms with E-state index in [1.165, 1.54) is 35.3 Å². The van der Waals surface area contributed by atoms with Gasteiger partial charge in [-0.1, -0.05) is 23.2 Å². The molecule has 0 aliphatic rings. The number of nitriles is 1. The topological polar surface area (TPSA) is 110 Å². The third-order valence-corrected chi connectivity index (χ3v) is 6.67. The van der Waals surface area contributed by atoms with E-state index in [0.717, 1.165) is 11.3 Å². The molecule has 0 aliphatic heterocycles. The SMILES string of the molecule is N#Cc1cc(S(=O)(=O)Nc2nccs2)ccc1Oc1cnn(-c2ccc(Cl)cc2Cl)c1. The van der Waals surface area contributed by atoms with Crippen LogP contribution in [0, 0.1) is 11.3 Å². The van der Waals surface area contributed by atoms with Crippen LogP contribution in [0.3, 0.4) is 0 Å². The average molecular weight is 492 g/mol. The Hall–Kier alpha value is -3.10. The number of sulfonamides is 1. The number of thiazole rings is 1. The van der Waals surface area contributed by atoms with Crippen LogP contribution >= 0.6 is 34.5 Å². The summed E-state index contributed by atoms with van der Waals surface area (Å²) in [5, 5.41) is 16.5. The van der Waals surface area contributed by atoms with Crippen molar-refractivity contribution >= 4 is 49.7 Å². The molecule has 0 saturated carbocycles. The van der Waals surface area contributed by atoms with E-state index in [1.807, 2.05) is 6.07 Å². The number of ether oxygens (including phenoxy) is 1. The number of benzene rings is 2. The second kappa shape index (κ2) is 8.56. The van der Waals surface area contributed by atoms with Gasteiger partial charge in [0.15, 0.2) is 10.9 Å². The van der Waals surface area contributed by atoms with Gasteiger partial charge in [0.05, 0.1) is 33.6 Å². The summed E-state index contributed by atoms with van der Waals surface area (Å²) >= 11 is 13.3. The summed E-state index contributed by atoms with van der Waals surface area (Å²) in [4.78, 5) is 3.81. The Morgan fingerprint density at radius 1 is 1.19 bits per heavy atom. The van der Waals surface area contributed by atoms with E-state index in [-0.39, 0.29) is 21.3 Å². The van der Waals surface area contributed by atoms with Crippen LogP contribution in [0.5, 0.6) is 11.5 Å². The molecule has 0 fully saturated rings. The number of halogens is 2. The molecule has 0 radical (unpaired) electrons. The minimum Gasteiger partial charge on any atom is -0.453 e. The standard InChI is InChI=1S/C19H11Cl2N5O3S2/c20-13-1-3-17(16(21)8-13)26-11-14(10-24-26)29-18-4-2-15(7-12(18)9-22)31(27,28)25-19-23-5-6-30-19/h1-8,10-11H,(H,23,25). The summed E-state index contributed by atoms with van der Waals surface area (Å²) in [6.07, 6.45) is 4.50. The van der Waals surface area contributed by atoms with E-state index in [4.69, 9.17) is 27.9 Å². The van der Waals surface area contributed by atoms with Gasteiger partial charge in [0.2, 0.25) is 0 Å². The number of hydrogen-bond donors (Lipinski definition) is 1. The number of nitrogens with one attached hydrogen (secondary N) is 1. The number of aromatic nitrogens is 3. The van der Waals surface area contributed by atoms with Gasteiger partial charge >= 0.3 is 0 Å². The van der Waals surface area contributed by atoms with Gasteiger partial charge in [-0.25, -0.2) is 18.1 Å². The highest BCUT2D eigenvalue weighted by Crippen LogP contribution is 2.30. The third-order valence-electron chi connectivity index (χ3n) is 3.98. The number of anilines is 1. The van der Waals surface area contributed by atoms with Crippen molar-refractivity contribution in [3.63, 3.8) is 0 Å². The second-order valence-corrected chi connectivity index (χ2v) is 9.45. The molecule has 8 nitrogen and oxygen atoms in total. The molecule has 0 aliphatic carbocycles. The van der Waals surface area contributed by atoms with Gasteiger partial charge in [0.1, 0.15) is 11.8 Å². The van der Waals surface area contributed by atoms with E-state index in [9.17, 15) is 13.7 Å².